The minimum Gasteiger partial charge on any atom is -0.374 e. The number of fused-ring (bicyclic) bond motifs is 10. The molecular formula is C38H17BN6. The number of rotatable bonds is 1. The average molecular weight is 568 g/mol. The van der Waals surface area contributed by atoms with Crippen LogP contribution in [0.15, 0.2) is 103 Å². The van der Waals surface area contributed by atoms with Crippen molar-refractivity contribution in [2.75, 3.05) is 0 Å². The Morgan fingerprint density at radius 1 is 0.511 bits per heavy atom. The summed E-state index contributed by atoms with van der Waals surface area (Å²) in [5.74, 6) is 0. The monoisotopic (exact) mass is 568 g/mol. The summed E-state index contributed by atoms with van der Waals surface area (Å²) < 4.78 is 4.44. The van der Waals surface area contributed by atoms with Crippen LogP contribution in [0.4, 0.5) is 0 Å². The molecule has 0 spiro atoms. The van der Waals surface area contributed by atoms with E-state index in [1.807, 2.05) is 18.2 Å². The van der Waals surface area contributed by atoms with Crippen LogP contribution < -0.4 is 10.9 Å². The third-order valence-corrected chi connectivity index (χ3v) is 9.21. The number of nitrogens with zero attached hydrogens (tertiary/aromatic N) is 6. The van der Waals surface area contributed by atoms with Crippen molar-refractivity contribution in [1.82, 2.24) is 9.05 Å². The van der Waals surface area contributed by atoms with E-state index in [2.05, 4.69) is 94.0 Å². The standard InChI is InChI=1S/C38H17BN6/c40-18-22-13-25(20-42)36-29(15-22)30-16-23(19-41)14-26(21-43)37(30)45(36)39-31-10-4-6-12-34(31)44-33-11-5-3-9-28(33)35-27-8-2-1-7-24(27)17-32(39)38(35)44/h1-17H. The average Bonchev–Trinajstić information content (AvgIpc) is 3.62. The molecule has 0 aliphatic carbocycles. The van der Waals surface area contributed by atoms with Gasteiger partial charge in [-0.2, -0.15) is 21.0 Å². The maximum absolute atomic E-state index is 10.5. The summed E-state index contributed by atoms with van der Waals surface area (Å²) >= 11 is 0. The first-order chi connectivity index (χ1) is 22.2. The Hall–Kier alpha value is -6.80. The van der Waals surface area contributed by atoms with Crippen LogP contribution in [0.3, 0.4) is 0 Å². The predicted octanol–water partition coefficient (Wildman–Crippen LogP) is 6.50. The zero-order valence-corrected chi connectivity index (χ0v) is 23.6. The summed E-state index contributed by atoms with van der Waals surface area (Å²) in [5.41, 5.74) is 7.87. The van der Waals surface area contributed by atoms with E-state index in [4.69, 9.17) is 0 Å². The second kappa shape index (κ2) is 8.86. The van der Waals surface area contributed by atoms with Crippen LogP contribution >= 0.6 is 0 Å². The van der Waals surface area contributed by atoms with Crippen molar-refractivity contribution < 1.29 is 0 Å². The molecule has 0 atom stereocenters. The van der Waals surface area contributed by atoms with Crippen LogP contribution in [0, 0.1) is 45.3 Å². The summed E-state index contributed by atoms with van der Waals surface area (Å²) in [6.07, 6.45) is 0. The molecule has 0 fully saturated rings. The minimum absolute atomic E-state index is 0.336. The van der Waals surface area contributed by atoms with Crippen LogP contribution in [-0.2, 0) is 0 Å². The normalized spacial score (nSPS) is 11.9. The fourth-order valence-corrected chi connectivity index (χ4v) is 7.57. The van der Waals surface area contributed by atoms with Gasteiger partial charge in [-0.1, -0.05) is 66.7 Å². The molecule has 0 saturated heterocycles. The Labute approximate surface area is 257 Å². The number of hydrogen-bond donors (Lipinski definition) is 0. The molecule has 0 bridgehead atoms. The van der Waals surface area contributed by atoms with E-state index >= 15 is 0 Å². The highest BCUT2D eigenvalue weighted by Crippen LogP contribution is 2.40. The molecule has 0 radical (unpaired) electrons. The molecule has 2 aromatic heterocycles. The van der Waals surface area contributed by atoms with E-state index in [-0.39, 0.29) is 0 Å². The summed E-state index contributed by atoms with van der Waals surface area (Å²) in [7, 11) is 0. The van der Waals surface area contributed by atoms with Crippen LogP contribution in [0.1, 0.15) is 22.3 Å². The van der Waals surface area contributed by atoms with Gasteiger partial charge in [0.05, 0.1) is 56.5 Å². The quantitative estimate of drug-likeness (QED) is 0.211. The SMILES string of the molecule is N#Cc1cc(C#N)c2c(c1)c1cc(C#N)cc(C#N)c1n2B1c2ccccc2-n2c3ccccc3c3c4ccccc4cc1c32. The van der Waals surface area contributed by atoms with Crippen molar-refractivity contribution in [3.63, 3.8) is 0 Å². The molecule has 1 aliphatic rings. The van der Waals surface area contributed by atoms with E-state index < -0.39 is 6.85 Å². The van der Waals surface area contributed by atoms with Gasteiger partial charge in [-0.3, -0.25) is 0 Å². The minimum atomic E-state index is -0.426. The van der Waals surface area contributed by atoms with E-state index in [0.29, 0.717) is 44.1 Å². The Bertz CT molecular complexity index is 2740. The van der Waals surface area contributed by atoms with Crippen LogP contribution in [0.2, 0.25) is 0 Å². The van der Waals surface area contributed by atoms with Gasteiger partial charge in [0.1, 0.15) is 12.1 Å². The molecule has 8 aromatic rings. The maximum Gasteiger partial charge on any atom is 0.332 e. The zero-order chi connectivity index (χ0) is 30.4. The molecule has 7 heteroatoms. The van der Waals surface area contributed by atoms with Crippen molar-refractivity contribution in [3.8, 4) is 30.0 Å². The van der Waals surface area contributed by atoms with Crippen molar-refractivity contribution in [2.24, 2.45) is 0 Å². The molecule has 45 heavy (non-hydrogen) atoms. The molecule has 0 amide bonds. The zero-order valence-electron chi connectivity index (χ0n) is 23.6. The molecule has 202 valence electrons. The number of nitriles is 4. The second-order valence-electron chi connectivity index (χ2n) is 11.4. The highest BCUT2D eigenvalue weighted by molar-refractivity contribution is 6.88. The number of aromatic nitrogens is 2. The molecular weight excluding hydrogens is 551 g/mol. The molecule has 0 N–H and O–H groups in total. The van der Waals surface area contributed by atoms with Crippen LogP contribution in [0.5, 0.6) is 0 Å². The molecule has 3 heterocycles. The number of para-hydroxylation sites is 2. The van der Waals surface area contributed by atoms with Gasteiger partial charge in [0.2, 0.25) is 0 Å². The fraction of sp³-hybridized carbons (Fsp3) is 0. The highest BCUT2D eigenvalue weighted by atomic mass is 15.0. The Kier molecular flexibility index (Phi) is 4.88. The summed E-state index contributed by atoms with van der Waals surface area (Å²) in [6, 6.07) is 43.2. The maximum atomic E-state index is 10.5. The Balaban J connectivity index is 1.58. The molecule has 9 rings (SSSR count). The van der Waals surface area contributed by atoms with Gasteiger partial charge in [-0.15, -0.1) is 0 Å². The van der Waals surface area contributed by atoms with Crippen molar-refractivity contribution >= 4 is 72.2 Å². The van der Waals surface area contributed by atoms with Gasteiger partial charge in [0, 0.05) is 27.2 Å². The smallest absolute Gasteiger partial charge is 0.332 e. The fourth-order valence-electron chi connectivity index (χ4n) is 7.57. The molecule has 0 saturated carbocycles. The highest BCUT2D eigenvalue weighted by Gasteiger charge is 2.38. The lowest BCUT2D eigenvalue weighted by Gasteiger charge is -2.29. The van der Waals surface area contributed by atoms with Gasteiger partial charge in [-0.25, -0.2) is 0 Å². The Morgan fingerprint density at radius 2 is 1.11 bits per heavy atom. The van der Waals surface area contributed by atoms with E-state index in [1.165, 1.54) is 0 Å². The molecule has 0 unspecified atom stereocenters. The number of hydrogen-bond acceptors (Lipinski definition) is 4. The third kappa shape index (κ3) is 3.09. The van der Waals surface area contributed by atoms with Gasteiger partial charge < -0.3 is 9.05 Å². The van der Waals surface area contributed by atoms with Gasteiger partial charge in [-0.05, 0) is 58.1 Å². The lowest BCUT2D eigenvalue weighted by Crippen LogP contribution is -2.53. The van der Waals surface area contributed by atoms with Gasteiger partial charge >= 0.3 is 6.85 Å². The van der Waals surface area contributed by atoms with Crippen molar-refractivity contribution in [2.45, 2.75) is 0 Å². The van der Waals surface area contributed by atoms with Crippen LogP contribution in [-0.4, -0.2) is 15.9 Å². The van der Waals surface area contributed by atoms with Crippen LogP contribution in [0.25, 0.3) is 60.1 Å². The van der Waals surface area contributed by atoms with Gasteiger partial charge in [0.25, 0.3) is 0 Å². The van der Waals surface area contributed by atoms with Crippen molar-refractivity contribution in [3.05, 3.63) is 125 Å². The topological polar surface area (TPSA) is 105 Å². The molecule has 6 aromatic carbocycles. The molecule has 1 aliphatic heterocycles. The third-order valence-electron chi connectivity index (χ3n) is 9.21. The summed E-state index contributed by atoms with van der Waals surface area (Å²) in [6.45, 7) is -0.426. The second-order valence-corrected chi connectivity index (χ2v) is 11.4. The molecule has 6 nitrogen and oxygen atoms in total. The largest absolute Gasteiger partial charge is 0.374 e. The lowest BCUT2D eigenvalue weighted by molar-refractivity contribution is 1.18. The lowest BCUT2D eigenvalue weighted by atomic mass is 9.48. The first-order valence-corrected chi connectivity index (χ1v) is 14.5. The van der Waals surface area contributed by atoms with E-state index in [9.17, 15) is 21.0 Å². The predicted molar refractivity (Wildman–Crippen MR) is 177 cm³/mol. The van der Waals surface area contributed by atoms with E-state index in [0.717, 1.165) is 49.2 Å². The van der Waals surface area contributed by atoms with Crippen molar-refractivity contribution in [1.29, 1.82) is 21.0 Å². The summed E-state index contributed by atoms with van der Waals surface area (Å²) in [5, 5.41) is 46.6. The number of benzene rings is 6. The first-order valence-electron chi connectivity index (χ1n) is 14.5. The summed E-state index contributed by atoms with van der Waals surface area (Å²) in [4.78, 5) is 0. The first kappa shape index (κ1) is 24.8. The van der Waals surface area contributed by atoms with E-state index in [1.54, 1.807) is 24.3 Å². The van der Waals surface area contributed by atoms with Gasteiger partial charge in [0.15, 0.2) is 0 Å². The Morgan fingerprint density at radius 3 is 1.78 bits per heavy atom.